The molecule has 1 N–H and O–H groups in total. The number of aliphatic carboxylic acids is 1. The molecule has 21 heavy (non-hydrogen) atoms. The molecule has 1 aromatic rings. The fraction of sp³-hybridized carbons (Fsp3) is 0.533. The number of carbonyl (C=O) groups is 1. The number of likely N-dealkylation sites (N-methyl/N-ethyl adjacent to an activating group) is 1. The molecule has 1 aliphatic rings. The Hall–Kier alpha value is -1.11. The van der Waals surface area contributed by atoms with Crippen molar-refractivity contribution in [1.29, 1.82) is 0 Å². The molecule has 0 amide bonds. The van der Waals surface area contributed by atoms with Crippen molar-refractivity contribution in [3.8, 4) is 5.75 Å². The summed E-state index contributed by atoms with van der Waals surface area (Å²) >= 11 is 3.54. The number of hydrogen-bond acceptors (Lipinski definition) is 4. The first-order valence-corrected chi connectivity index (χ1v) is 7.78. The number of carboxylic acids is 1. The highest BCUT2D eigenvalue weighted by molar-refractivity contribution is 9.10. The number of ether oxygens (including phenoxy) is 1. The molecule has 0 saturated carbocycles. The Morgan fingerprint density at radius 3 is 2.62 bits per heavy atom. The molecule has 2 rings (SSSR count). The van der Waals surface area contributed by atoms with Crippen LogP contribution in [0.25, 0.3) is 0 Å². The largest absolute Gasteiger partial charge is 0.497 e. The predicted octanol–water partition coefficient (Wildman–Crippen LogP) is 2.22. The average molecular weight is 357 g/mol. The topological polar surface area (TPSA) is 53.0 Å². The summed E-state index contributed by atoms with van der Waals surface area (Å²) in [4.78, 5) is 15.8. The number of halogens is 1. The van der Waals surface area contributed by atoms with Crippen LogP contribution in [0.1, 0.15) is 18.0 Å². The number of rotatable bonds is 5. The third-order valence-corrected chi connectivity index (χ3v) is 4.63. The van der Waals surface area contributed by atoms with Crippen molar-refractivity contribution < 1.29 is 14.6 Å². The van der Waals surface area contributed by atoms with Gasteiger partial charge in [0, 0.05) is 36.7 Å². The molecule has 0 aromatic heterocycles. The highest BCUT2D eigenvalue weighted by Crippen LogP contribution is 2.33. The lowest BCUT2D eigenvalue weighted by Crippen LogP contribution is -2.46. The van der Waals surface area contributed by atoms with E-state index in [4.69, 9.17) is 4.74 Å². The maximum atomic E-state index is 11.3. The molecule has 5 nitrogen and oxygen atoms in total. The van der Waals surface area contributed by atoms with Gasteiger partial charge in [0.1, 0.15) is 5.75 Å². The van der Waals surface area contributed by atoms with Crippen LogP contribution in [0.2, 0.25) is 0 Å². The smallest absolute Gasteiger partial charge is 0.305 e. The molecule has 1 saturated heterocycles. The van der Waals surface area contributed by atoms with E-state index in [1.165, 1.54) is 0 Å². The summed E-state index contributed by atoms with van der Waals surface area (Å²) in [7, 11) is 3.71. The maximum Gasteiger partial charge on any atom is 0.305 e. The van der Waals surface area contributed by atoms with Gasteiger partial charge < -0.3 is 14.7 Å². The zero-order valence-corrected chi connectivity index (χ0v) is 14.0. The molecule has 6 heteroatoms. The fourth-order valence-corrected chi connectivity index (χ4v) is 3.15. The van der Waals surface area contributed by atoms with Crippen LogP contribution in [0, 0.1) is 0 Å². The number of hydrogen-bond donors (Lipinski definition) is 1. The van der Waals surface area contributed by atoms with Crippen molar-refractivity contribution in [3.63, 3.8) is 0 Å². The van der Waals surface area contributed by atoms with E-state index >= 15 is 0 Å². The summed E-state index contributed by atoms with van der Waals surface area (Å²) in [5, 5.41) is 9.26. The van der Waals surface area contributed by atoms with Crippen molar-refractivity contribution in [2.24, 2.45) is 0 Å². The number of nitrogens with zero attached hydrogens (tertiary/aromatic N) is 2. The van der Waals surface area contributed by atoms with E-state index in [2.05, 4.69) is 32.8 Å². The summed E-state index contributed by atoms with van der Waals surface area (Å²) in [6.07, 6.45) is 0.0927. The van der Waals surface area contributed by atoms with E-state index in [0.717, 1.165) is 42.0 Å². The number of benzene rings is 1. The van der Waals surface area contributed by atoms with Gasteiger partial charge in [0.05, 0.1) is 13.5 Å². The second-order valence-electron chi connectivity index (χ2n) is 5.34. The lowest BCUT2D eigenvalue weighted by atomic mass is 10.0. The lowest BCUT2D eigenvalue weighted by Gasteiger charge is -2.38. The minimum atomic E-state index is -0.784. The van der Waals surface area contributed by atoms with Gasteiger partial charge in [0.15, 0.2) is 0 Å². The number of carboxylic acid groups (broad SMARTS) is 1. The normalized spacial score (nSPS) is 18.4. The van der Waals surface area contributed by atoms with Crippen LogP contribution in [0.15, 0.2) is 22.7 Å². The Bertz CT molecular complexity index is 502. The summed E-state index contributed by atoms with van der Waals surface area (Å²) < 4.78 is 6.20. The predicted molar refractivity (Wildman–Crippen MR) is 84.8 cm³/mol. The zero-order valence-electron chi connectivity index (χ0n) is 12.4. The van der Waals surface area contributed by atoms with Gasteiger partial charge in [0.25, 0.3) is 0 Å². The molecular weight excluding hydrogens is 336 g/mol. The van der Waals surface area contributed by atoms with Crippen LogP contribution in [0.5, 0.6) is 5.75 Å². The van der Waals surface area contributed by atoms with E-state index in [1.54, 1.807) is 7.11 Å². The number of methoxy groups -OCH3 is 1. The van der Waals surface area contributed by atoms with Gasteiger partial charge in [-0.3, -0.25) is 9.69 Å². The van der Waals surface area contributed by atoms with Crippen LogP contribution < -0.4 is 4.74 Å². The Balaban J connectivity index is 2.29. The van der Waals surface area contributed by atoms with Crippen molar-refractivity contribution >= 4 is 21.9 Å². The van der Waals surface area contributed by atoms with E-state index in [1.807, 2.05) is 18.2 Å². The van der Waals surface area contributed by atoms with E-state index < -0.39 is 5.97 Å². The van der Waals surface area contributed by atoms with Crippen LogP contribution in [-0.4, -0.2) is 61.2 Å². The first kappa shape index (κ1) is 16.3. The summed E-state index contributed by atoms with van der Waals surface area (Å²) in [5.41, 5.74) is 0.973. The quantitative estimate of drug-likeness (QED) is 0.876. The van der Waals surface area contributed by atoms with Crippen molar-refractivity contribution in [2.75, 3.05) is 40.3 Å². The summed E-state index contributed by atoms with van der Waals surface area (Å²) in [6, 6.07) is 5.57. The van der Waals surface area contributed by atoms with E-state index in [9.17, 15) is 9.90 Å². The van der Waals surface area contributed by atoms with Crippen molar-refractivity contribution in [1.82, 2.24) is 9.80 Å². The van der Waals surface area contributed by atoms with E-state index in [-0.39, 0.29) is 12.5 Å². The fourth-order valence-electron chi connectivity index (χ4n) is 2.64. The Labute approximate surface area is 133 Å². The Morgan fingerprint density at radius 2 is 2.05 bits per heavy atom. The van der Waals surface area contributed by atoms with Gasteiger partial charge in [-0.1, -0.05) is 15.9 Å². The molecule has 0 spiro atoms. The third kappa shape index (κ3) is 4.18. The second-order valence-corrected chi connectivity index (χ2v) is 6.19. The monoisotopic (exact) mass is 356 g/mol. The molecule has 1 atom stereocenters. The molecule has 116 valence electrons. The Kier molecular flexibility index (Phi) is 5.61. The van der Waals surface area contributed by atoms with Crippen molar-refractivity contribution in [2.45, 2.75) is 12.5 Å². The van der Waals surface area contributed by atoms with E-state index in [0.29, 0.717) is 0 Å². The molecule has 0 bridgehead atoms. The molecule has 1 fully saturated rings. The molecule has 0 aliphatic carbocycles. The number of piperazine rings is 1. The first-order chi connectivity index (χ1) is 10.0. The average Bonchev–Trinajstić information content (AvgIpc) is 2.46. The van der Waals surface area contributed by atoms with Gasteiger partial charge in [-0.2, -0.15) is 0 Å². The third-order valence-electron chi connectivity index (χ3n) is 3.91. The van der Waals surface area contributed by atoms with Gasteiger partial charge >= 0.3 is 5.97 Å². The van der Waals surface area contributed by atoms with Gasteiger partial charge in [0.2, 0.25) is 0 Å². The standard InChI is InChI=1S/C15H21BrN2O3/c1-17-5-7-18(8-6-17)14(10-15(19)20)12-9-11(21-2)3-4-13(12)16/h3-4,9,14H,5-8,10H2,1-2H3,(H,19,20). The van der Waals surface area contributed by atoms with Crippen LogP contribution in [0.3, 0.4) is 0 Å². The highest BCUT2D eigenvalue weighted by atomic mass is 79.9. The molecule has 1 unspecified atom stereocenters. The maximum absolute atomic E-state index is 11.3. The van der Waals surface area contributed by atoms with Gasteiger partial charge in [-0.05, 0) is 30.8 Å². The minimum absolute atomic E-state index is 0.0927. The minimum Gasteiger partial charge on any atom is -0.497 e. The van der Waals surface area contributed by atoms with Gasteiger partial charge in [-0.15, -0.1) is 0 Å². The first-order valence-electron chi connectivity index (χ1n) is 6.99. The van der Waals surface area contributed by atoms with Crippen LogP contribution in [0.4, 0.5) is 0 Å². The SMILES string of the molecule is COc1ccc(Br)c(C(CC(=O)O)N2CCN(C)CC2)c1. The molecule has 1 aromatic carbocycles. The lowest BCUT2D eigenvalue weighted by molar-refractivity contribution is -0.138. The highest BCUT2D eigenvalue weighted by Gasteiger charge is 2.27. The van der Waals surface area contributed by atoms with Crippen LogP contribution >= 0.6 is 15.9 Å². The summed E-state index contributed by atoms with van der Waals surface area (Å²) in [5.74, 6) is -0.0358. The van der Waals surface area contributed by atoms with Gasteiger partial charge in [-0.25, -0.2) is 0 Å². The van der Waals surface area contributed by atoms with Crippen molar-refractivity contribution in [3.05, 3.63) is 28.2 Å². The van der Waals surface area contributed by atoms with Crippen LogP contribution in [-0.2, 0) is 4.79 Å². The summed E-state index contributed by atoms with van der Waals surface area (Å²) in [6.45, 7) is 3.66. The molecule has 0 radical (unpaired) electrons. The molecular formula is C15H21BrN2O3. The molecule has 1 aliphatic heterocycles. The zero-order chi connectivity index (χ0) is 15.4. The Morgan fingerprint density at radius 1 is 1.38 bits per heavy atom. The second kappa shape index (κ2) is 7.24. The molecule has 1 heterocycles.